The summed E-state index contributed by atoms with van der Waals surface area (Å²) < 4.78 is 5.79. The van der Waals surface area contributed by atoms with Crippen molar-refractivity contribution in [2.24, 2.45) is 0 Å². The first-order valence-electron chi connectivity index (χ1n) is 3.82. The van der Waals surface area contributed by atoms with Crippen molar-refractivity contribution in [3.05, 3.63) is 30.3 Å². The summed E-state index contributed by atoms with van der Waals surface area (Å²) in [5.74, 6) is 1.01. The Morgan fingerprint density at radius 3 is 2.00 bits per heavy atom. The number of hydrogen-bond donors (Lipinski definition) is 0. The van der Waals surface area contributed by atoms with Gasteiger partial charge in [0.2, 0.25) is 0 Å². The van der Waals surface area contributed by atoms with Crippen LogP contribution in [0.15, 0.2) is 30.3 Å². The van der Waals surface area contributed by atoms with Gasteiger partial charge in [-0.15, -0.1) is 0 Å². The number of hydrogen-bond acceptors (Lipinski definition) is 1. The van der Waals surface area contributed by atoms with E-state index in [1.165, 1.54) is 0 Å². The number of para-hydroxylation sites is 1. The fourth-order valence-corrected chi connectivity index (χ4v) is 2.16. The number of rotatable bonds is 2. The maximum absolute atomic E-state index is 5.79. The predicted molar refractivity (Wildman–Crippen MR) is 44.7 cm³/mol. The van der Waals surface area contributed by atoms with Crippen LogP contribution in [-0.4, -0.2) is 0 Å². The molecule has 1 nitrogen and oxygen atoms in total. The molecule has 1 aromatic rings. The van der Waals surface area contributed by atoms with Crippen molar-refractivity contribution in [3.8, 4) is 5.75 Å². The van der Waals surface area contributed by atoms with Gasteiger partial charge < -0.3 is 0 Å². The van der Waals surface area contributed by atoms with E-state index in [-0.39, 0.29) is 0 Å². The van der Waals surface area contributed by atoms with Gasteiger partial charge in [0.25, 0.3) is 0 Å². The van der Waals surface area contributed by atoms with Crippen LogP contribution in [0.5, 0.6) is 5.75 Å². The average molecular weight is 186 g/mol. The molecule has 0 amide bonds. The van der Waals surface area contributed by atoms with Gasteiger partial charge in [-0.25, -0.2) is 0 Å². The molecule has 0 radical (unpaired) electrons. The zero-order valence-corrected chi connectivity index (χ0v) is 8.86. The molecule has 0 heterocycles. The Balaban J connectivity index is 2.66. The van der Waals surface area contributed by atoms with E-state index in [4.69, 9.17) is 3.32 Å². The third kappa shape index (κ3) is 3.59. The zero-order valence-electron chi connectivity index (χ0n) is 7.29. The van der Waals surface area contributed by atoms with Crippen molar-refractivity contribution >= 4 is 0 Å². The summed E-state index contributed by atoms with van der Waals surface area (Å²) in [4.78, 5) is 0. The van der Waals surface area contributed by atoms with Gasteiger partial charge in [0.05, 0.1) is 0 Å². The molecule has 0 N–H and O–H groups in total. The molecule has 0 unspecified atom stereocenters. The fraction of sp³-hybridized carbons (Fsp3) is 0.333. The Kier molecular flexibility index (Phi) is 2.75. The van der Waals surface area contributed by atoms with E-state index in [0.717, 1.165) is 5.75 Å². The Labute approximate surface area is 72.2 Å². The van der Waals surface area contributed by atoms with Crippen LogP contribution in [0.25, 0.3) is 0 Å². The maximum atomic E-state index is 5.79. The van der Waals surface area contributed by atoms with E-state index >= 15 is 0 Å². The van der Waals surface area contributed by atoms with Crippen LogP contribution in [0, 0.1) is 0 Å². The van der Waals surface area contributed by atoms with Crippen molar-refractivity contribution in [1.29, 1.82) is 0 Å². The van der Waals surface area contributed by atoms with E-state index < -0.39 is 17.0 Å². The van der Waals surface area contributed by atoms with Crippen LogP contribution in [0.3, 0.4) is 0 Å². The van der Waals surface area contributed by atoms with Crippen LogP contribution in [0.4, 0.5) is 0 Å². The Bertz CT molecular complexity index is 213. The SMILES string of the molecule is [CH3][Ti]([CH3])([CH3])[O]c1ccccc1. The van der Waals surface area contributed by atoms with Gasteiger partial charge in [-0.05, 0) is 0 Å². The summed E-state index contributed by atoms with van der Waals surface area (Å²) in [6, 6.07) is 10.0. The molecule has 0 saturated carbocycles. The van der Waals surface area contributed by atoms with Crippen LogP contribution < -0.4 is 3.32 Å². The zero-order chi connectivity index (χ0) is 8.32. The van der Waals surface area contributed by atoms with Crippen LogP contribution in [0.1, 0.15) is 0 Å². The molecule has 11 heavy (non-hydrogen) atoms. The standard InChI is InChI=1S/C6H6O.3CH3.Ti/c7-6-4-2-1-3-5-6;;;;/h1-5,7H;3*1H3;/q;;;;+1/p-1. The second-order valence-electron chi connectivity index (χ2n) is 3.53. The molecule has 0 saturated heterocycles. The molecule has 0 spiro atoms. The van der Waals surface area contributed by atoms with E-state index in [9.17, 15) is 0 Å². The van der Waals surface area contributed by atoms with Crippen molar-refractivity contribution in [2.75, 3.05) is 0 Å². The Morgan fingerprint density at radius 1 is 1.00 bits per heavy atom. The molecule has 0 aliphatic heterocycles. The molecular formula is C9H14OTi. The molecule has 0 aliphatic carbocycles. The summed E-state index contributed by atoms with van der Waals surface area (Å²) >= 11 is -1.85. The minimum absolute atomic E-state index is 1.01. The van der Waals surface area contributed by atoms with Gasteiger partial charge >= 0.3 is 72.1 Å². The fourth-order valence-electron chi connectivity index (χ4n) is 0.842. The van der Waals surface area contributed by atoms with Gasteiger partial charge in [-0.3, -0.25) is 0 Å². The van der Waals surface area contributed by atoms with Gasteiger partial charge in [0, 0.05) is 0 Å². The predicted octanol–water partition coefficient (Wildman–Crippen LogP) is 3.28. The van der Waals surface area contributed by atoms with Crippen LogP contribution in [-0.2, 0) is 17.0 Å². The topological polar surface area (TPSA) is 9.23 Å². The normalized spacial score (nSPS) is 11.2. The van der Waals surface area contributed by atoms with Gasteiger partial charge in [-0.1, -0.05) is 0 Å². The molecule has 0 fully saturated rings. The van der Waals surface area contributed by atoms with Gasteiger partial charge in [-0.2, -0.15) is 0 Å². The first-order valence-corrected chi connectivity index (χ1v) is 9.14. The minimum atomic E-state index is -1.85. The van der Waals surface area contributed by atoms with Crippen molar-refractivity contribution in [2.45, 2.75) is 15.7 Å². The summed E-state index contributed by atoms with van der Waals surface area (Å²) in [7, 11) is 0. The third-order valence-corrected chi connectivity index (χ3v) is 2.49. The summed E-state index contributed by atoms with van der Waals surface area (Å²) in [6.45, 7) is 0. The van der Waals surface area contributed by atoms with E-state index in [1.807, 2.05) is 30.3 Å². The summed E-state index contributed by atoms with van der Waals surface area (Å²) in [6.07, 6.45) is 0. The molecule has 2 heteroatoms. The van der Waals surface area contributed by atoms with Gasteiger partial charge in [0.15, 0.2) is 0 Å². The monoisotopic (exact) mass is 186 g/mol. The molecule has 60 valence electrons. The van der Waals surface area contributed by atoms with E-state index in [1.54, 1.807) is 0 Å². The Morgan fingerprint density at radius 2 is 1.55 bits per heavy atom. The van der Waals surface area contributed by atoms with E-state index in [2.05, 4.69) is 15.7 Å². The van der Waals surface area contributed by atoms with Gasteiger partial charge in [0.1, 0.15) is 0 Å². The average Bonchev–Trinajstić information content (AvgIpc) is 1.85. The van der Waals surface area contributed by atoms with Crippen LogP contribution in [0.2, 0.25) is 15.7 Å². The van der Waals surface area contributed by atoms with Crippen molar-refractivity contribution < 1.29 is 20.3 Å². The van der Waals surface area contributed by atoms with Crippen molar-refractivity contribution in [1.82, 2.24) is 0 Å². The molecule has 0 bridgehead atoms. The van der Waals surface area contributed by atoms with Crippen LogP contribution >= 0.6 is 0 Å². The summed E-state index contributed by atoms with van der Waals surface area (Å²) in [5, 5.41) is 6.69. The Hall–Kier alpha value is -0.266. The second kappa shape index (κ2) is 3.42. The first-order chi connectivity index (χ1) is 5.08. The van der Waals surface area contributed by atoms with E-state index in [0.29, 0.717) is 0 Å². The summed E-state index contributed by atoms with van der Waals surface area (Å²) in [5.41, 5.74) is 0. The number of benzene rings is 1. The molecule has 0 aliphatic rings. The molecule has 0 atom stereocenters. The molecule has 0 aromatic heterocycles. The molecule has 1 rings (SSSR count). The second-order valence-corrected chi connectivity index (χ2v) is 10.4. The van der Waals surface area contributed by atoms with Crippen molar-refractivity contribution in [3.63, 3.8) is 0 Å². The third-order valence-electron chi connectivity index (χ3n) is 1.17. The molecule has 1 aromatic carbocycles. The first kappa shape index (κ1) is 8.83. The molecular weight excluding hydrogens is 172 g/mol. The quantitative estimate of drug-likeness (QED) is 0.644.